The third kappa shape index (κ3) is 5.21. The number of nitrogens with zero attached hydrogens (tertiary/aromatic N) is 2. The lowest BCUT2D eigenvalue weighted by atomic mass is 10.2. The van der Waals surface area contributed by atoms with E-state index in [4.69, 9.17) is 16.3 Å². The lowest BCUT2D eigenvalue weighted by molar-refractivity contribution is -0.113. The number of carbonyl (C=O) groups is 1. The number of thioether (sulfide) groups is 1. The number of rotatable bonds is 6. The number of amides is 1. The number of aromatic nitrogens is 2. The number of benzene rings is 2. The minimum absolute atomic E-state index is 0.103. The van der Waals surface area contributed by atoms with Gasteiger partial charge in [-0.3, -0.25) is 4.79 Å². The fourth-order valence-electron chi connectivity index (χ4n) is 2.40. The van der Waals surface area contributed by atoms with Gasteiger partial charge in [-0.05, 0) is 55.5 Å². The first kappa shape index (κ1) is 20.1. The Bertz CT molecular complexity index is 999. The summed E-state index contributed by atoms with van der Waals surface area (Å²) >= 11 is 7.23. The molecule has 28 heavy (non-hydrogen) atoms. The molecule has 0 atom stereocenters. The second-order valence-electron chi connectivity index (χ2n) is 5.86. The smallest absolute Gasteiger partial charge is 0.234 e. The normalized spacial score (nSPS) is 10.6. The molecule has 8 heteroatoms. The maximum absolute atomic E-state index is 13.3. The van der Waals surface area contributed by atoms with E-state index in [9.17, 15) is 9.18 Å². The standard InChI is InChI=1S/C20H17ClFN3O2S/c1-12-9-19(25-20(23-12)13-3-6-15(27-2)7-4-13)28-11-18(26)24-17-10-14(22)5-8-16(17)21/h3-10H,11H2,1-2H3,(H,24,26). The summed E-state index contributed by atoms with van der Waals surface area (Å²) in [5.74, 6) is 0.644. The van der Waals surface area contributed by atoms with Crippen LogP contribution in [0.1, 0.15) is 5.69 Å². The Hall–Kier alpha value is -2.64. The summed E-state index contributed by atoms with van der Waals surface area (Å²) in [5, 5.41) is 3.55. The molecule has 1 aromatic heterocycles. The van der Waals surface area contributed by atoms with E-state index in [1.165, 1.54) is 30.0 Å². The topological polar surface area (TPSA) is 64.1 Å². The highest BCUT2D eigenvalue weighted by Crippen LogP contribution is 2.25. The van der Waals surface area contributed by atoms with Gasteiger partial charge in [0.25, 0.3) is 0 Å². The molecule has 3 rings (SSSR count). The van der Waals surface area contributed by atoms with E-state index in [1.807, 2.05) is 31.2 Å². The molecule has 0 unspecified atom stereocenters. The molecule has 0 radical (unpaired) electrons. The molecule has 0 aliphatic carbocycles. The first-order valence-electron chi connectivity index (χ1n) is 8.32. The molecule has 1 heterocycles. The van der Waals surface area contributed by atoms with Gasteiger partial charge in [-0.25, -0.2) is 14.4 Å². The van der Waals surface area contributed by atoms with Crippen molar-refractivity contribution in [2.24, 2.45) is 0 Å². The first-order chi connectivity index (χ1) is 13.4. The zero-order valence-corrected chi connectivity index (χ0v) is 16.8. The van der Waals surface area contributed by atoms with E-state index < -0.39 is 5.82 Å². The lowest BCUT2D eigenvalue weighted by Gasteiger charge is -2.08. The minimum atomic E-state index is -0.470. The van der Waals surface area contributed by atoms with E-state index in [0.717, 1.165) is 17.0 Å². The van der Waals surface area contributed by atoms with Gasteiger partial charge in [0.05, 0.1) is 23.6 Å². The van der Waals surface area contributed by atoms with E-state index in [0.29, 0.717) is 10.9 Å². The lowest BCUT2D eigenvalue weighted by Crippen LogP contribution is -2.14. The fraction of sp³-hybridized carbons (Fsp3) is 0.150. The van der Waals surface area contributed by atoms with Gasteiger partial charge >= 0.3 is 0 Å². The Kier molecular flexibility index (Phi) is 6.49. The summed E-state index contributed by atoms with van der Waals surface area (Å²) in [6.07, 6.45) is 0. The van der Waals surface area contributed by atoms with Crippen LogP contribution in [0.3, 0.4) is 0 Å². The Morgan fingerprint density at radius 1 is 1.18 bits per heavy atom. The predicted octanol–water partition coefficient (Wildman–Crippen LogP) is 4.98. The molecule has 0 fully saturated rings. The van der Waals surface area contributed by atoms with Crippen molar-refractivity contribution in [3.63, 3.8) is 0 Å². The Balaban J connectivity index is 1.69. The third-order valence-electron chi connectivity index (χ3n) is 3.73. The van der Waals surface area contributed by atoms with Gasteiger partial charge in [-0.1, -0.05) is 23.4 Å². The molecule has 1 N–H and O–H groups in total. The van der Waals surface area contributed by atoms with Gasteiger partial charge in [-0.15, -0.1) is 0 Å². The van der Waals surface area contributed by atoms with E-state index in [-0.39, 0.29) is 22.4 Å². The number of nitrogens with one attached hydrogen (secondary N) is 1. The number of hydrogen-bond donors (Lipinski definition) is 1. The second kappa shape index (κ2) is 9.03. The Labute approximate surface area is 171 Å². The SMILES string of the molecule is COc1ccc(-c2nc(C)cc(SCC(=O)Nc3cc(F)ccc3Cl)n2)cc1. The number of hydrogen-bond acceptors (Lipinski definition) is 5. The van der Waals surface area contributed by atoms with Crippen LogP contribution in [0.5, 0.6) is 5.75 Å². The van der Waals surface area contributed by atoms with Crippen LogP contribution < -0.4 is 10.1 Å². The largest absolute Gasteiger partial charge is 0.497 e. The van der Waals surface area contributed by atoms with Crippen molar-refractivity contribution in [1.29, 1.82) is 0 Å². The monoisotopic (exact) mass is 417 g/mol. The Morgan fingerprint density at radius 3 is 2.64 bits per heavy atom. The number of ether oxygens (including phenoxy) is 1. The number of carbonyl (C=O) groups excluding carboxylic acids is 1. The maximum Gasteiger partial charge on any atom is 0.234 e. The van der Waals surface area contributed by atoms with Crippen LogP contribution in [0.2, 0.25) is 5.02 Å². The molecule has 0 aliphatic heterocycles. The zero-order chi connectivity index (χ0) is 20.1. The first-order valence-corrected chi connectivity index (χ1v) is 9.69. The third-order valence-corrected chi connectivity index (χ3v) is 4.97. The van der Waals surface area contributed by atoms with Crippen molar-refractivity contribution in [1.82, 2.24) is 9.97 Å². The number of methoxy groups -OCH3 is 1. The van der Waals surface area contributed by atoms with Gasteiger partial charge in [0.2, 0.25) is 5.91 Å². The van der Waals surface area contributed by atoms with Crippen molar-refractivity contribution in [2.45, 2.75) is 11.9 Å². The summed E-state index contributed by atoms with van der Waals surface area (Å²) in [6.45, 7) is 1.87. The molecule has 0 bridgehead atoms. The van der Waals surface area contributed by atoms with Crippen LogP contribution in [0.15, 0.2) is 53.6 Å². The van der Waals surface area contributed by atoms with Gasteiger partial charge in [-0.2, -0.15) is 0 Å². The highest BCUT2D eigenvalue weighted by molar-refractivity contribution is 7.99. The number of aryl methyl sites for hydroxylation is 1. The molecule has 1 amide bonds. The molecule has 0 spiro atoms. The van der Waals surface area contributed by atoms with Crippen molar-refractivity contribution in [2.75, 3.05) is 18.2 Å². The van der Waals surface area contributed by atoms with Crippen molar-refractivity contribution in [3.8, 4) is 17.1 Å². The average Bonchev–Trinajstić information content (AvgIpc) is 2.69. The van der Waals surface area contributed by atoms with Gasteiger partial charge < -0.3 is 10.1 Å². The second-order valence-corrected chi connectivity index (χ2v) is 7.26. The van der Waals surface area contributed by atoms with E-state index >= 15 is 0 Å². The van der Waals surface area contributed by atoms with Crippen LogP contribution in [0, 0.1) is 12.7 Å². The number of anilines is 1. The quantitative estimate of drug-likeness (QED) is 0.452. The van der Waals surface area contributed by atoms with Crippen LogP contribution in [-0.4, -0.2) is 28.7 Å². The molecule has 0 aliphatic rings. The summed E-state index contributed by atoms with van der Waals surface area (Å²) in [4.78, 5) is 21.2. The van der Waals surface area contributed by atoms with Crippen LogP contribution >= 0.6 is 23.4 Å². The molecule has 3 aromatic rings. The summed E-state index contributed by atoms with van der Waals surface area (Å²) in [6, 6.07) is 13.0. The Morgan fingerprint density at radius 2 is 1.93 bits per heavy atom. The van der Waals surface area contributed by atoms with Gasteiger partial charge in [0.15, 0.2) is 5.82 Å². The molecule has 5 nitrogen and oxygen atoms in total. The molecular weight excluding hydrogens is 401 g/mol. The fourth-order valence-corrected chi connectivity index (χ4v) is 3.32. The zero-order valence-electron chi connectivity index (χ0n) is 15.2. The van der Waals surface area contributed by atoms with Gasteiger partial charge in [0.1, 0.15) is 16.6 Å². The highest BCUT2D eigenvalue weighted by Gasteiger charge is 2.11. The van der Waals surface area contributed by atoms with Crippen molar-refractivity contribution < 1.29 is 13.9 Å². The maximum atomic E-state index is 13.3. The predicted molar refractivity (Wildman–Crippen MR) is 110 cm³/mol. The average molecular weight is 418 g/mol. The van der Waals surface area contributed by atoms with Crippen LogP contribution in [0.25, 0.3) is 11.4 Å². The molecule has 144 valence electrons. The molecule has 0 saturated carbocycles. The molecular formula is C20H17ClFN3O2S. The van der Waals surface area contributed by atoms with E-state index in [1.54, 1.807) is 13.2 Å². The molecule has 0 saturated heterocycles. The summed E-state index contributed by atoms with van der Waals surface area (Å²) in [5.41, 5.74) is 1.88. The summed E-state index contributed by atoms with van der Waals surface area (Å²) in [7, 11) is 1.61. The number of halogens is 2. The van der Waals surface area contributed by atoms with Crippen LogP contribution in [0.4, 0.5) is 10.1 Å². The van der Waals surface area contributed by atoms with E-state index in [2.05, 4.69) is 15.3 Å². The highest BCUT2D eigenvalue weighted by atomic mass is 35.5. The van der Waals surface area contributed by atoms with Crippen LogP contribution in [-0.2, 0) is 4.79 Å². The minimum Gasteiger partial charge on any atom is -0.497 e. The summed E-state index contributed by atoms with van der Waals surface area (Å²) < 4.78 is 18.5. The molecule has 2 aromatic carbocycles. The van der Waals surface area contributed by atoms with Gasteiger partial charge in [0, 0.05) is 11.3 Å². The van der Waals surface area contributed by atoms with Crippen molar-refractivity contribution in [3.05, 3.63) is 65.1 Å². The van der Waals surface area contributed by atoms with Crippen molar-refractivity contribution >= 4 is 35.0 Å².